The number of hydrogen-bond donors (Lipinski definition) is 1. The molecular weight excluding hydrogens is 244 g/mol. The van der Waals surface area contributed by atoms with Crippen molar-refractivity contribution >= 4 is 17.7 Å². The maximum atomic E-state index is 12.7. The van der Waals surface area contributed by atoms with E-state index in [-0.39, 0.29) is 5.25 Å². The van der Waals surface area contributed by atoms with Gasteiger partial charge < -0.3 is 10.2 Å². The fourth-order valence-electron chi connectivity index (χ4n) is 2.93. The second kappa shape index (κ2) is 6.80. The Balaban J connectivity index is 2.00. The highest BCUT2D eigenvalue weighted by molar-refractivity contribution is 8.01. The molecule has 18 heavy (non-hydrogen) atoms. The van der Waals surface area contributed by atoms with Gasteiger partial charge in [0.15, 0.2) is 0 Å². The second-order valence-corrected chi connectivity index (χ2v) is 7.45. The lowest BCUT2D eigenvalue weighted by Crippen LogP contribution is -2.43. The summed E-state index contributed by atoms with van der Waals surface area (Å²) in [4.78, 5) is 14.8. The molecule has 2 aliphatic heterocycles. The molecule has 0 aromatic carbocycles. The molecule has 2 aliphatic rings. The van der Waals surface area contributed by atoms with E-state index in [0.29, 0.717) is 17.1 Å². The molecule has 0 aromatic heterocycles. The van der Waals surface area contributed by atoms with Crippen molar-refractivity contribution in [3.8, 4) is 0 Å². The lowest BCUT2D eigenvalue weighted by atomic mass is 9.93. The van der Waals surface area contributed by atoms with E-state index >= 15 is 0 Å². The molecule has 0 bridgehead atoms. The van der Waals surface area contributed by atoms with E-state index in [0.717, 1.165) is 39.0 Å². The van der Waals surface area contributed by atoms with Crippen molar-refractivity contribution in [2.45, 2.75) is 50.0 Å². The monoisotopic (exact) mass is 270 g/mol. The molecule has 1 amide bonds. The molecule has 1 N–H and O–H groups in total. The van der Waals surface area contributed by atoms with Gasteiger partial charge in [-0.1, -0.05) is 13.8 Å². The minimum atomic E-state index is 0.199. The average molecular weight is 270 g/mol. The fraction of sp³-hybridized carbons (Fsp3) is 0.929. The minimum absolute atomic E-state index is 0.199. The van der Waals surface area contributed by atoms with Gasteiger partial charge in [-0.25, -0.2) is 0 Å². The summed E-state index contributed by atoms with van der Waals surface area (Å²) >= 11 is 1.88. The summed E-state index contributed by atoms with van der Waals surface area (Å²) in [5, 5.41) is 4.13. The van der Waals surface area contributed by atoms with Crippen LogP contribution in [-0.2, 0) is 4.79 Å². The number of piperidine rings is 1. The largest absolute Gasteiger partial charge is 0.342 e. The zero-order valence-corrected chi connectivity index (χ0v) is 12.5. The van der Waals surface area contributed by atoms with E-state index in [2.05, 4.69) is 24.1 Å². The molecule has 3 nitrogen and oxygen atoms in total. The van der Waals surface area contributed by atoms with Gasteiger partial charge in [0.1, 0.15) is 0 Å². The number of likely N-dealkylation sites (tertiary alicyclic amines) is 1. The maximum Gasteiger partial charge on any atom is 0.235 e. The Morgan fingerprint density at radius 3 is 2.39 bits per heavy atom. The first-order chi connectivity index (χ1) is 8.68. The predicted octanol–water partition coefficient (Wildman–Crippen LogP) is 2.12. The highest BCUT2D eigenvalue weighted by Crippen LogP contribution is 2.31. The minimum Gasteiger partial charge on any atom is -0.342 e. The maximum absolute atomic E-state index is 12.7. The zero-order chi connectivity index (χ0) is 13.0. The Kier molecular flexibility index (Phi) is 5.37. The van der Waals surface area contributed by atoms with Gasteiger partial charge >= 0.3 is 0 Å². The molecule has 2 saturated heterocycles. The van der Waals surface area contributed by atoms with Crippen LogP contribution in [-0.4, -0.2) is 47.5 Å². The van der Waals surface area contributed by atoms with E-state index < -0.39 is 0 Å². The first kappa shape index (κ1) is 14.2. The van der Waals surface area contributed by atoms with Crippen LogP contribution >= 0.6 is 11.8 Å². The predicted molar refractivity (Wildman–Crippen MR) is 77.9 cm³/mol. The van der Waals surface area contributed by atoms with Crippen molar-refractivity contribution in [2.24, 2.45) is 5.92 Å². The zero-order valence-electron chi connectivity index (χ0n) is 11.7. The summed E-state index contributed by atoms with van der Waals surface area (Å²) in [5.41, 5.74) is 0. The van der Waals surface area contributed by atoms with E-state index in [9.17, 15) is 4.79 Å². The van der Waals surface area contributed by atoms with Crippen molar-refractivity contribution in [1.29, 1.82) is 0 Å². The van der Waals surface area contributed by atoms with Crippen molar-refractivity contribution in [1.82, 2.24) is 10.2 Å². The standard InChI is InChI=1S/C14H26N2OS/c1-11(2)18-13(12-5-7-15-8-6-12)14(17)16-9-3-4-10-16/h11-13,15H,3-10H2,1-2H3. The molecule has 0 saturated carbocycles. The quantitative estimate of drug-likeness (QED) is 0.849. The van der Waals surface area contributed by atoms with Gasteiger partial charge in [-0.3, -0.25) is 4.79 Å². The molecule has 1 unspecified atom stereocenters. The molecule has 2 rings (SSSR count). The van der Waals surface area contributed by atoms with E-state index in [4.69, 9.17) is 0 Å². The van der Waals surface area contributed by atoms with Gasteiger partial charge in [0.25, 0.3) is 0 Å². The molecule has 2 fully saturated rings. The molecule has 0 radical (unpaired) electrons. The Morgan fingerprint density at radius 2 is 1.83 bits per heavy atom. The summed E-state index contributed by atoms with van der Waals surface area (Å²) in [6.07, 6.45) is 4.70. The third kappa shape index (κ3) is 3.64. The van der Waals surface area contributed by atoms with Crippen LogP contribution in [0.4, 0.5) is 0 Å². The molecule has 0 aliphatic carbocycles. The van der Waals surface area contributed by atoms with Gasteiger partial charge in [-0.2, -0.15) is 0 Å². The van der Waals surface area contributed by atoms with Gasteiger partial charge in [0.2, 0.25) is 5.91 Å². The van der Waals surface area contributed by atoms with Crippen molar-refractivity contribution in [2.75, 3.05) is 26.2 Å². The first-order valence-corrected chi connectivity index (χ1v) is 8.27. The smallest absolute Gasteiger partial charge is 0.235 e. The van der Waals surface area contributed by atoms with Crippen LogP contribution < -0.4 is 5.32 Å². The van der Waals surface area contributed by atoms with Gasteiger partial charge in [0, 0.05) is 13.1 Å². The third-order valence-electron chi connectivity index (χ3n) is 3.89. The van der Waals surface area contributed by atoms with Crippen molar-refractivity contribution < 1.29 is 4.79 Å². The number of nitrogens with zero attached hydrogens (tertiary/aromatic N) is 1. The molecule has 4 heteroatoms. The van der Waals surface area contributed by atoms with Crippen molar-refractivity contribution in [3.63, 3.8) is 0 Å². The van der Waals surface area contributed by atoms with E-state index in [1.807, 2.05) is 11.8 Å². The summed E-state index contributed by atoms with van der Waals surface area (Å²) < 4.78 is 0. The number of rotatable bonds is 4. The van der Waals surface area contributed by atoms with Crippen LogP contribution in [0.5, 0.6) is 0 Å². The van der Waals surface area contributed by atoms with Crippen molar-refractivity contribution in [3.05, 3.63) is 0 Å². The lowest BCUT2D eigenvalue weighted by Gasteiger charge is -2.33. The summed E-state index contributed by atoms with van der Waals surface area (Å²) in [6, 6.07) is 0. The van der Waals surface area contributed by atoms with Crippen LogP contribution in [0.1, 0.15) is 39.5 Å². The summed E-state index contributed by atoms with van der Waals surface area (Å²) in [7, 11) is 0. The Bertz CT molecular complexity index is 271. The third-order valence-corrected chi connectivity index (χ3v) is 5.32. The highest BCUT2D eigenvalue weighted by Gasteiger charge is 2.34. The van der Waals surface area contributed by atoms with Gasteiger partial charge in [-0.05, 0) is 49.9 Å². The number of amides is 1. The second-order valence-electron chi connectivity index (χ2n) is 5.73. The normalized spacial score (nSPS) is 23.6. The Hall–Kier alpha value is -0.220. The Morgan fingerprint density at radius 1 is 1.22 bits per heavy atom. The summed E-state index contributed by atoms with van der Waals surface area (Å²) in [5.74, 6) is 0.991. The molecule has 104 valence electrons. The van der Waals surface area contributed by atoms with Crippen LogP contribution in [0.3, 0.4) is 0 Å². The number of carbonyl (C=O) groups is 1. The Labute approximate surface area is 115 Å². The van der Waals surface area contributed by atoms with Gasteiger partial charge in [-0.15, -0.1) is 11.8 Å². The number of hydrogen-bond acceptors (Lipinski definition) is 3. The topological polar surface area (TPSA) is 32.3 Å². The number of nitrogens with one attached hydrogen (secondary N) is 1. The molecule has 0 aromatic rings. The molecular formula is C14H26N2OS. The van der Waals surface area contributed by atoms with Crippen LogP contribution in [0.2, 0.25) is 0 Å². The van der Waals surface area contributed by atoms with E-state index in [1.165, 1.54) is 12.8 Å². The van der Waals surface area contributed by atoms with Crippen LogP contribution in [0.25, 0.3) is 0 Å². The van der Waals surface area contributed by atoms with Crippen LogP contribution in [0.15, 0.2) is 0 Å². The fourth-order valence-corrected chi connectivity index (χ4v) is 4.27. The van der Waals surface area contributed by atoms with Gasteiger partial charge in [0.05, 0.1) is 5.25 Å². The van der Waals surface area contributed by atoms with E-state index in [1.54, 1.807) is 0 Å². The first-order valence-electron chi connectivity index (χ1n) is 7.33. The summed E-state index contributed by atoms with van der Waals surface area (Å²) in [6.45, 7) is 8.53. The molecule has 0 spiro atoms. The average Bonchev–Trinajstić information content (AvgIpc) is 2.90. The molecule has 1 atom stereocenters. The SMILES string of the molecule is CC(C)SC(C(=O)N1CCCC1)C1CCNCC1. The number of thioether (sulfide) groups is 1. The molecule has 2 heterocycles. The lowest BCUT2D eigenvalue weighted by molar-refractivity contribution is -0.130. The van der Waals surface area contributed by atoms with Crippen LogP contribution in [0, 0.1) is 5.92 Å². The number of carbonyl (C=O) groups excluding carboxylic acids is 1. The highest BCUT2D eigenvalue weighted by atomic mass is 32.2.